The van der Waals surface area contributed by atoms with Gasteiger partial charge in [-0.3, -0.25) is 9.10 Å². The molecule has 0 unspecified atom stereocenters. The number of carbonyl (C=O) groups is 1. The Kier molecular flexibility index (Phi) is 8.26. The molecule has 0 aliphatic carbocycles. The van der Waals surface area contributed by atoms with Gasteiger partial charge in [0.15, 0.2) is 0 Å². The van der Waals surface area contributed by atoms with E-state index in [0.29, 0.717) is 15.7 Å². The van der Waals surface area contributed by atoms with Gasteiger partial charge < -0.3 is 4.57 Å². The number of halogens is 2. The molecule has 196 valence electrons. The van der Waals surface area contributed by atoms with Crippen molar-refractivity contribution in [2.24, 2.45) is 5.10 Å². The molecule has 0 aliphatic heterocycles. The normalized spacial score (nSPS) is 11.6. The van der Waals surface area contributed by atoms with Crippen LogP contribution >= 0.6 is 23.2 Å². The predicted molar refractivity (Wildman–Crippen MR) is 153 cm³/mol. The summed E-state index contributed by atoms with van der Waals surface area (Å²) in [4.78, 5) is 13.0. The molecule has 4 aromatic rings. The first kappa shape index (κ1) is 27.4. The Balaban J connectivity index is 1.56. The van der Waals surface area contributed by atoms with Crippen LogP contribution in [-0.4, -0.2) is 31.7 Å². The van der Waals surface area contributed by atoms with E-state index in [-0.39, 0.29) is 4.90 Å². The molecule has 38 heavy (non-hydrogen) atoms. The summed E-state index contributed by atoms with van der Waals surface area (Å²) in [6, 6.07) is 22.2. The van der Waals surface area contributed by atoms with Crippen molar-refractivity contribution in [1.29, 1.82) is 0 Å². The van der Waals surface area contributed by atoms with Crippen molar-refractivity contribution < 1.29 is 13.2 Å². The molecule has 7 nitrogen and oxygen atoms in total. The highest BCUT2D eigenvalue weighted by atomic mass is 35.5. The summed E-state index contributed by atoms with van der Waals surface area (Å²) in [6.45, 7) is 5.20. The van der Waals surface area contributed by atoms with Crippen molar-refractivity contribution in [2.45, 2.75) is 25.7 Å². The van der Waals surface area contributed by atoms with Crippen molar-refractivity contribution in [3.8, 4) is 5.69 Å². The van der Waals surface area contributed by atoms with Crippen LogP contribution < -0.4 is 9.73 Å². The molecule has 0 saturated carbocycles. The molecule has 0 spiro atoms. The lowest BCUT2D eigenvalue weighted by atomic mass is 10.2. The number of aromatic nitrogens is 1. The lowest BCUT2D eigenvalue weighted by Crippen LogP contribution is -2.40. The monoisotopic (exact) mass is 568 g/mol. The van der Waals surface area contributed by atoms with Crippen LogP contribution in [0.1, 0.15) is 22.5 Å². The fourth-order valence-electron chi connectivity index (χ4n) is 4.19. The number of sulfonamides is 1. The summed E-state index contributed by atoms with van der Waals surface area (Å²) in [5, 5.41) is 5.14. The van der Waals surface area contributed by atoms with E-state index in [2.05, 4.69) is 10.5 Å². The second-order valence-corrected chi connectivity index (χ2v) is 11.4. The SMILES string of the molecule is Cc1ccccc1N(CC(=O)N/N=C\c1cc(C)n(-c2cc(Cl)cc(Cl)c2)c1C)S(=O)(=O)c1ccccc1. The van der Waals surface area contributed by atoms with Crippen LogP contribution in [-0.2, 0) is 14.8 Å². The van der Waals surface area contributed by atoms with Crippen LogP contribution in [0, 0.1) is 20.8 Å². The van der Waals surface area contributed by atoms with Crippen molar-refractivity contribution in [3.63, 3.8) is 0 Å². The number of hydrogen-bond donors (Lipinski definition) is 1. The average Bonchev–Trinajstić information content (AvgIpc) is 3.15. The van der Waals surface area contributed by atoms with Gasteiger partial charge in [-0.25, -0.2) is 13.8 Å². The first-order valence-electron chi connectivity index (χ1n) is 11.7. The summed E-state index contributed by atoms with van der Waals surface area (Å²) in [5.74, 6) is -0.584. The number of nitrogens with zero attached hydrogens (tertiary/aromatic N) is 3. The number of hydrazone groups is 1. The fraction of sp³-hybridized carbons (Fsp3) is 0.143. The maximum Gasteiger partial charge on any atom is 0.264 e. The molecular weight excluding hydrogens is 543 g/mol. The lowest BCUT2D eigenvalue weighted by Gasteiger charge is -2.25. The zero-order valence-electron chi connectivity index (χ0n) is 21.0. The van der Waals surface area contributed by atoms with E-state index in [9.17, 15) is 13.2 Å². The number of rotatable bonds is 8. The molecule has 3 aromatic carbocycles. The van der Waals surface area contributed by atoms with Gasteiger partial charge in [0.2, 0.25) is 0 Å². The van der Waals surface area contributed by atoms with Gasteiger partial charge in [-0.1, -0.05) is 59.6 Å². The Labute approximate surface area is 232 Å². The van der Waals surface area contributed by atoms with Gasteiger partial charge >= 0.3 is 0 Å². The minimum Gasteiger partial charge on any atom is -0.318 e. The van der Waals surface area contributed by atoms with Crippen LogP contribution in [0.2, 0.25) is 10.0 Å². The van der Waals surface area contributed by atoms with E-state index >= 15 is 0 Å². The van der Waals surface area contributed by atoms with Gasteiger partial charge in [0.05, 0.1) is 16.8 Å². The summed E-state index contributed by atoms with van der Waals surface area (Å²) < 4.78 is 30.0. The van der Waals surface area contributed by atoms with Crippen LogP contribution in [0.3, 0.4) is 0 Å². The van der Waals surface area contributed by atoms with Crippen LogP contribution in [0.25, 0.3) is 5.69 Å². The highest BCUT2D eigenvalue weighted by Crippen LogP contribution is 2.27. The largest absolute Gasteiger partial charge is 0.318 e. The molecule has 0 fully saturated rings. The molecule has 0 saturated heterocycles. The Morgan fingerprint density at radius 2 is 1.58 bits per heavy atom. The smallest absolute Gasteiger partial charge is 0.264 e. The van der Waals surface area contributed by atoms with E-state index in [1.54, 1.807) is 49.4 Å². The molecule has 4 rings (SSSR count). The number of benzene rings is 3. The third kappa shape index (κ3) is 5.93. The summed E-state index contributed by atoms with van der Waals surface area (Å²) in [6.07, 6.45) is 1.52. The van der Waals surface area contributed by atoms with Crippen molar-refractivity contribution in [2.75, 3.05) is 10.8 Å². The number of hydrogen-bond acceptors (Lipinski definition) is 4. The third-order valence-corrected chi connectivity index (χ3v) is 8.18. The summed E-state index contributed by atoms with van der Waals surface area (Å²) >= 11 is 12.4. The number of carbonyl (C=O) groups excluding carboxylic acids is 1. The van der Waals surface area contributed by atoms with E-state index in [4.69, 9.17) is 23.2 Å². The van der Waals surface area contributed by atoms with E-state index in [1.165, 1.54) is 18.3 Å². The third-order valence-electron chi connectivity index (χ3n) is 5.97. The number of aryl methyl sites for hydroxylation is 2. The first-order valence-corrected chi connectivity index (χ1v) is 13.9. The van der Waals surface area contributed by atoms with Gasteiger partial charge in [-0.2, -0.15) is 5.10 Å². The highest BCUT2D eigenvalue weighted by Gasteiger charge is 2.28. The summed E-state index contributed by atoms with van der Waals surface area (Å²) in [7, 11) is -4.00. The van der Waals surface area contributed by atoms with Crippen LogP contribution in [0.5, 0.6) is 0 Å². The molecule has 1 amide bonds. The second-order valence-electron chi connectivity index (χ2n) is 8.69. The molecule has 0 radical (unpaired) electrons. The number of anilines is 1. The zero-order valence-corrected chi connectivity index (χ0v) is 23.3. The van der Waals surface area contributed by atoms with Gasteiger partial charge in [0, 0.05) is 32.7 Å². The lowest BCUT2D eigenvalue weighted by molar-refractivity contribution is -0.119. The van der Waals surface area contributed by atoms with Crippen molar-refractivity contribution >= 4 is 51.0 Å². The van der Waals surface area contributed by atoms with Gasteiger partial charge in [0.25, 0.3) is 15.9 Å². The minimum absolute atomic E-state index is 0.0908. The topological polar surface area (TPSA) is 83.8 Å². The van der Waals surface area contributed by atoms with E-state index in [1.807, 2.05) is 42.7 Å². The van der Waals surface area contributed by atoms with Crippen LogP contribution in [0.15, 0.2) is 88.9 Å². The quantitative estimate of drug-likeness (QED) is 0.207. The molecule has 10 heteroatoms. The van der Waals surface area contributed by atoms with Gasteiger partial charge in [-0.05, 0) is 68.8 Å². The maximum atomic E-state index is 13.5. The molecule has 0 aliphatic rings. The Hall–Kier alpha value is -3.59. The molecule has 1 aromatic heterocycles. The molecule has 1 N–H and O–H groups in total. The Morgan fingerprint density at radius 3 is 2.24 bits per heavy atom. The Morgan fingerprint density at radius 1 is 0.947 bits per heavy atom. The van der Waals surface area contributed by atoms with E-state index < -0.39 is 22.5 Å². The zero-order chi connectivity index (χ0) is 27.4. The van der Waals surface area contributed by atoms with Gasteiger partial charge in [-0.15, -0.1) is 0 Å². The van der Waals surface area contributed by atoms with Crippen molar-refractivity contribution in [1.82, 2.24) is 9.99 Å². The molecular formula is C28H26Cl2N4O3S. The second kappa shape index (κ2) is 11.4. The number of nitrogens with one attached hydrogen (secondary N) is 1. The molecule has 0 bridgehead atoms. The van der Waals surface area contributed by atoms with Crippen molar-refractivity contribution in [3.05, 3.63) is 111 Å². The predicted octanol–water partition coefficient (Wildman–Crippen LogP) is 6.05. The Bertz CT molecular complexity index is 1600. The number of para-hydroxylation sites is 1. The fourth-order valence-corrected chi connectivity index (χ4v) is 6.21. The van der Waals surface area contributed by atoms with Crippen LogP contribution in [0.4, 0.5) is 5.69 Å². The van der Waals surface area contributed by atoms with E-state index in [0.717, 1.165) is 32.5 Å². The maximum absolute atomic E-state index is 13.5. The first-order chi connectivity index (χ1) is 18.1. The molecule has 0 atom stereocenters. The standard InChI is InChI=1S/C28H26Cl2N4O3S/c1-19-9-7-8-12-27(19)33(38(36,37)26-10-5-4-6-11-26)18-28(35)32-31-17-22-13-20(2)34(21(22)3)25-15-23(29)14-24(30)16-25/h4-17H,18H2,1-3H3,(H,32,35)/b31-17-. The average molecular weight is 570 g/mol. The highest BCUT2D eigenvalue weighted by molar-refractivity contribution is 7.92. The van der Waals surface area contributed by atoms with Gasteiger partial charge in [0.1, 0.15) is 6.54 Å². The molecule has 1 heterocycles. The summed E-state index contributed by atoms with van der Waals surface area (Å²) in [5.41, 5.74) is 6.97. The minimum atomic E-state index is -4.00. The number of amides is 1.